The molecule has 1 amide bonds. The number of benzene rings is 1. The summed E-state index contributed by atoms with van der Waals surface area (Å²) < 4.78 is 5.61. The maximum atomic E-state index is 12.2. The Kier molecular flexibility index (Phi) is 3.33. The molecule has 4 heteroatoms. The number of ether oxygens (including phenoxy) is 1. The van der Waals surface area contributed by atoms with Crippen molar-refractivity contribution in [1.82, 2.24) is 4.90 Å². The molecule has 2 N–H and O–H groups in total. The van der Waals surface area contributed by atoms with E-state index >= 15 is 0 Å². The number of amides is 1. The van der Waals surface area contributed by atoms with Crippen LogP contribution in [0.2, 0.25) is 0 Å². The van der Waals surface area contributed by atoms with Gasteiger partial charge in [-0.25, -0.2) is 0 Å². The molecule has 2 atom stereocenters. The van der Waals surface area contributed by atoms with Crippen LogP contribution < -0.4 is 5.73 Å². The molecule has 0 spiro atoms. The summed E-state index contributed by atoms with van der Waals surface area (Å²) in [6.07, 6.45) is 0.188. The predicted molar refractivity (Wildman–Crippen MR) is 66.8 cm³/mol. The predicted octanol–water partition coefficient (Wildman–Crippen LogP) is 1.52. The Balaban J connectivity index is 2.11. The van der Waals surface area contributed by atoms with Crippen LogP contribution in [0.15, 0.2) is 24.3 Å². The van der Waals surface area contributed by atoms with Crippen LogP contribution >= 0.6 is 0 Å². The summed E-state index contributed by atoms with van der Waals surface area (Å²) in [5.41, 5.74) is 6.96. The highest BCUT2D eigenvalue weighted by molar-refractivity contribution is 5.94. The Hall–Kier alpha value is -1.55. The van der Waals surface area contributed by atoms with Gasteiger partial charge in [0.1, 0.15) is 0 Å². The average molecular weight is 234 g/mol. The second kappa shape index (κ2) is 4.75. The lowest BCUT2D eigenvalue weighted by Crippen LogP contribution is -2.48. The first-order valence-electron chi connectivity index (χ1n) is 5.86. The van der Waals surface area contributed by atoms with Crippen molar-refractivity contribution in [1.29, 1.82) is 0 Å². The molecule has 1 aliphatic rings. The fourth-order valence-electron chi connectivity index (χ4n) is 2.15. The molecule has 1 aromatic rings. The molecule has 17 heavy (non-hydrogen) atoms. The SMILES string of the molecule is C[C@H]1CN(C(=O)c2ccc(N)cc2)C[C@H](C)O1. The van der Waals surface area contributed by atoms with E-state index in [1.54, 1.807) is 24.3 Å². The van der Waals surface area contributed by atoms with Crippen LogP contribution in [0.1, 0.15) is 24.2 Å². The first-order chi connectivity index (χ1) is 8.06. The molecule has 1 saturated heterocycles. The highest BCUT2D eigenvalue weighted by Gasteiger charge is 2.26. The van der Waals surface area contributed by atoms with Gasteiger partial charge >= 0.3 is 0 Å². The third-order valence-corrected chi connectivity index (χ3v) is 2.86. The minimum Gasteiger partial charge on any atom is -0.399 e. The number of nitrogens with zero attached hydrogens (tertiary/aromatic N) is 1. The van der Waals surface area contributed by atoms with Crippen LogP contribution in [0.3, 0.4) is 0 Å². The lowest BCUT2D eigenvalue weighted by Gasteiger charge is -2.35. The van der Waals surface area contributed by atoms with E-state index in [1.807, 2.05) is 18.7 Å². The van der Waals surface area contributed by atoms with Gasteiger partial charge in [0.25, 0.3) is 5.91 Å². The van der Waals surface area contributed by atoms with E-state index in [4.69, 9.17) is 10.5 Å². The van der Waals surface area contributed by atoms with E-state index in [0.717, 1.165) is 0 Å². The van der Waals surface area contributed by atoms with Crippen molar-refractivity contribution in [3.05, 3.63) is 29.8 Å². The molecule has 0 saturated carbocycles. The summed E-state index contributed by atoms with van der Waals surface area (Å²) in [6.45, 7) is 5.26. The number of rotatable bonds is 1. The van der Waals surface area contributed by atoms with Gasteiger partial charge in [0.05, 0.1) is 12.2 Å². The summed E-state index contributed by atoms with van der Waals surface area (Å²) in [6, 6.07) is 7.03. The maximum absolute atomic E-state index is 12.2. The second-order valence-electron chi connectivity index (χ2n) is 4.59. The molecule has 1 heterocycles. The fraction of sp³-hybridized carbons (Fsp3) is 0.462. The first-order valence-corrected chi connectivity index (χ1v) is 5.86. The van der Waals surface area contributed by atoms with Gasteiger partial charge in [-0.05, 0) is 38.1 Å². The lowest BCUT2D eigenvalue weighted by molar-refractivity contribution is -0.0586. The molecule has 0 radical (unpaired) electrons. The van der Waals surface area contributed by atoms with Crippen molar-refractivity contribution in [3.8, 4) is 0 Å². The summed E-state index contributed by atoms with van der Waals surface area (Å²) >= 11 is 0. The van der Waals surface area contributed by atoms with Crippen molar-refractivity contribution < 1.29 is 9.53 Å². The summed E-state index contributed by atoms with van der Waals surface area (Å²) in [5.74, 6) is 0.0481. The third kappa shape index (κ3) is 2.77. The van der Waals surface area contributed by atoms with Crippen molar-refractivity contribution in [3.63, 3.8) is 0 Å². The fourth-order valence-corrected chi connectivity index (χ4v) is 2.15. The lowest BCUT2D eigenvalue weighted by atomic mass is 10.1. The highest BCUT2D eigenvalue weighted by atomic mass is 16.5. The van der Waals surface area contributed by atoms with Crippen molar-refractivity contribution in [2.24, 2.45) is 0 Å². The van der Waals surface area contributed by atoms with Gasteiger partial charge in [-0.1, -0.05) is 0 Å². The monoisotopic (exact) mass is 234 g/mol. The number of morpholine rings is 1. The number of hydrogen-bond acceptors (Lipinski definition) is 3. The van der Waals surface area contributed by atoms with Crippen LogP contribution in [0.4, 0.5) is 5.69 Å². The molecule has 92 valence electrons. The minimum absolute atomic E-state index is 0.0481. The van der Waals surface area contributed by atoms with Crippen LogP contribution in [-0.2, 0) is 4.74 Å². The van der Waals surface area contributed by atoms with Crippen LogP contribution in [0, 0.1) is 0 Å². The Bertz CT molecular complexity index is 392. The number of carbonyl (C=O) groups excluding carboxylic acids is 1. The highest BCUT2D eigenvalue weighted by Crippen LogP contribution is 2.15. The first kappa shape index (κ1) is 11.9. The number of nitrogens with two attached hydrogens (primary N) is 1. The van der Waals surface area contributed by atoms with Gasteiger partial charge in [0.2, 0.25) is 0 Å². The van der Waals surface area contributed by atoms with Crippen molar-refractivity contribution in [2.75, 3.05) is 18.8 Å². The van der Waals surface area contributed by atoms with E-state index in [1.165, 1.54) is 0 Å². The largest absolute Gasteiger partial charge is 0.399 e. The van der Waals surface area contributed by atoms with E-state index in [0.29, 0.717) is 24.3 Å². The van der Waals surface area contributed by atoms with Gasteiger partial charge in [-0.3, -0.25) is 4.79 Å². The van der Waals surface area contributed by atoms with Crippen LogP contribution in [-0.4, -0.2) is 36.1 Å². The topological polar surface area (TPSA) is 55.6 Å². The summed E-state index contributed by atoms with van der Waals surface area (Å²) in [4.78, 5) is 14.1. The van der Waals surface area contributed by atoms with Crippen molar-refractivity contribution in [2.45, 2.75) is 26.1 Å². The van der Waals surface area contributed by atoms with Gasteiger partial charge in [-0.2, -0.15) is 0 Å². The number of carbonyl (C=O) groups is 1. The molecule has 1 aliphatic heterocycles. The molecule has 2 rings (SSSR count). The molecular weight excluding hydrogens is 216 g/mol. The van der Waals surface area contributed by atoms with E-state index in [9.17, 15) is 4.79 Å². The van der Waals surface area contributed by atoms with E-state index < -0.39 is 0 Å². The van der Waals surface area contributed by atoms with E-state index in [-0.39, 0.29) is 18.1 Å². The number of nitrogen functional groups attached to an aromatic ring is 1. The maximum Gasteiger partial charge on any atom is 0.254 e. The minimum atomic E-state index is 0.0481. The van der Waals surface area contributed by atoms with Gasteiger partial charge < -0.3 is 15.4 Å². The molecule has 0 aromatic heterocycles. The van der Waals surface area contributed by atoms with Crippen LogP contribution in [0.5, 0.6) is 0 Å². The molecule has 0 unspecified atom stereocenters. The second-order valence-corrected chi connectivity index (χ2v) is 4.59. The molecule has 1 aromatic carbocycles. The Morgan fingerprint density at radius 3 is 2.29 bits per heavy atom. The van der Waals surface area contributed by atoms with Crippen LogP contribution in [0.25, 0.3) is 0 Å². The Labute approximate surface area is 101 Å². The quantitative estimate of drug-likeness (QED) is 0.749. The zero-order valence-electron chi connectivity index (χ0n) is 10.2. The molecule has 0 aliphatic carbocycles. The van der Waals surface area contributed by atoms with Gasteiger partial charge in [0.15, 0.2) is 0 Å². The molecule has 4 nitrogen and oxygen atoms in total. The number of hydrogen-bond donors (Lipinski definition) is 1. The zero-order chi connectivity index (χ0) is 12.4. The molecule has 1 fully saturated rings. The summed E-state index contributed by atoms with van der Waals surface area (Å²) in [5, 5.41) is 0. The van der Waals surface area contributed by atoms with Crippen molar-refractivity contribution >= 4 is 11.6 Å². The van der Waals surface area contributed by atoms with Gasteiger partial charge in [-0.15, -0.1) is 0 Å². The smallest absolute Gasteiger partial charge is 0.254 e. The third-order valence-electron chi connectivity index (χ3n) is 2.86. The molecular formula is C13H18N2O2. The average Bonchev–Trinajstić information content (AvgIpc) is 2.28. The van der Waals surface area contributed by atoms with E-state index in [2.05, 4.69) is 0 Å². The van der Waals surface area contributed by atoms with Gasteiger partial charge in [0, 0.05) is 24.3 Å². The summed E-state index contributed by atoms with van der Waals surface area (Å²) in [7, 11) is 0. The Morgan fingerprint density at radius 1 is 1.24 bits per heavy atom. The zero-order valence-corrected chi connectivity index (χ0v) is 10.2. The standard InChI is InChI=1S/C13H18N2O2/c1-9-7-15(8-10(2)17-9)13(16)11-3-5-12(14)6-4-11/h3-6,9-10H,7-8,14H2,1-2H3/t9-,10-/m0/s1. The normalized spacial score (nSPS) is 24.7. The number of anilines is 1. The Morgan fingerprint density at radius 2 is 1.76 bits per heavy atom. The molecule has 0 bridgehead atoms.